The zero-order valence-corrected chi connectivity index (χ0v) is 17.1. The highest BCUT2D eigenvalue weighted by atomic mass is 35.5. The van der Waals surface area contributed by atoms with E-state index in [-0.39, 0.29) is 29.3 Å². The van der Waals surface area contributed by atoms with E-state index in [2.05, 4.69) is 12.0 Å². The van der Waals surface area contributed by atoms with Crippen LogP contribution in [-0.4, -0.2) is 45.8 Å². The van der Waals surface area contributed by atoms with Gasteiger partial charge in [0.1, 0.15) is 10.7 Å². The topological polar surface area (TPSA) is 64.4 Å². The van der Waals surface area contributed by atoms with Crippen molar-refractivity contribution < 1.29 is 14.3 Å². The van der Waals surface area contributed by atoms with Crippen molar-refractivity contribution in [2.24, 2.45) is 0 Å². The number of nitrogens with zero attached hydrogens (tertiary/aromatic N) is 3. The maximum Gasteiger partial charge on any atom is 0.343 e. The fraction of sp³-hybridized carbons (Fsp3) is 0.476. The highest BCUT2D eigenvalue weighted by molar-refractivity contribution is 6.32. The maximum atomic E-state index is 12.6. The van der Waals surface area contributed by atoms with Gasteiger partial charge in [0.25, 0.3) is 5.91 Å². The summed E-state index contributed by atoms with van der Waals surface area (Å²) in [5.41, 5.74) is 1.73. The second-order valence-corrected chi connectivity index (χ2v) is 7.47. The maximum absolute atomic E-state index is 12.6. The number of aryl methyl sites for hydroxylation is 1. The van der Waals surface area contributed by atoms with Gasteiger partial charge in [-0.1, -0.05) is 48.9 Å². The standard InChI is InChI=1S/C21H26ClN3O3/c1-3-17-11-7-8-12-24(17)18(26)14-28-21(27)19-15(2)23-25(20(19)22)13-16-9-5-4-6-10-16/h4-6,9-10,17H,3,7-8,11-14H2,1-2H3/t17-/m0/s1. The van der Waals surface area contributed by atoms with Gasteiger partial charge in [-0.25, -0.2) is 9.48 Å². The fourth-order valence-electron chi connectivity index (χ4n) is 3.68. The molecule has 6 nitrogen and oxygen atoms in total. The summed E-state index contributed by atoms with van der Waals surface area (Å²) in [6.45, 7) is 4.70. The number of piperidine rings is 1. The Morgan fingerprint density at radius 2 is 2.00 bits per heavy atom. The molecular formula is C21H26ClN3O3. The molecule has 0 bridgehead atoms. The van der Waals surface area contributed by atoms with E-state index in [4.69, 9.17) is 16.3 Å². The minimum absolute atomic E-state index is 0.148. The van der Waals surface area contributed by atoms with Gasteiger partial charge < -0.3 is 9.64 Å². The van der Waals surface area contributed by atoms with Crippen LogP contribution in [0.5, 0.6) is 0 Å². The number of hydrogen-bond donors (Lipinski definition) is 0. The SMILES string of the molecule is CC[C@H]1CCCCN1C(=O)COC(=O)c1c(C)nn(Cc2ccccc2)c1Cl. The first kappa shape index (κ1) is 20.4. The van der Waals surface area contributed by atoms with Crippen molar-refractivity contribution in [1.29, 1.82) is 0 Å². The second-order valence-electron chi connectivity index (χ2n) is 7.12. The third kappa shape index (κ3) is 4.55. The molecule has 2 aromatic rings. The summed E-state index contributed by atoms with van der Waals surface area (Å²) in [4.78, 5) is 26.9. The molecule has 0 saturated carbocycles. The van der Waals surface area contributed by atoms with Crippen LogP contribution in [0.2, 0.25) is 5.15 Å². The second kappa shape index (κ2) is 9.24. The smallest absolute Gasteiger partial charge is 0.343 e. The average Bonchev–Trinajstić information content (AvgIpc) is 2.99. The summed E-state index contributed by atoms with van der Waals surface area (Å²) >= 11 is 6.39. The lowest BCUT2D eigenvalue weighted by Crippen LogP contribution is -2.45. The molecule has 1 fully saturated rings. The molecule has 0 spiro atoms. The van der Waals surface area contributed by atoms with Gasteiger partial charge in [0.05, 0.1) is 12.2 Å². The lowest BCUT2D eigenvalue weighted by Gasteiger charge is -2.35. The third-order valence-corrected chi connectivity index (χ3v) is 5.57. The highest BCUT2D eigenvalue weighted by Gasteiger charge is 2.27. The van der Waals surface area contributed by atoms with Crippen LogP contribution in [0.1, 0.15) is 54.2 Å². The van der Waals surface area contributed by atoms with Crippen molar-refractivity contribution in [3.63, 3.8) is 0 Å². The molecule has 0 unspecified atom stereocenters. The molecule has 1 atom stereocenters. The van der Waals surface area contributed by atoms with Crippen LogP contribution in [0.4, 0.5) is 0 Å². The van der Waals surface area contributed by atoms with Gasteiger partial charge >= 0.3 is 5.97 Å². The van der Waals surface area contributed by atoms with E-state index in [1.54, 1.807) is 11.6 Å². The summed E-state index contributed by atoms with van der Waals surface area (Å²) < 4.78 is 6.87. The molecule has 1 aromatic carbocycles. The van der Waals surface area contributed by atoms with Crippen molar-refractivity contribution >= 4 is 23.5 Å². The van der Waals surface area contributed by atoms with E-state index in [0.29, 0.717) is 12.2 Å². The number of esters is 1. The lowest BCUT2D eigenvalue weighted by molar-refractivity contribution is -0.138. The number of hydrogen-bond acceptors (Lipinski definition) is 4. The van der Waals surface area contributed by atoms with Crippen molar-refractivity contribution in [1.82, 2.24) is 14.7 Å². The van der Waals surface area contributed by atoms with Crippen LogP contribution in [0.25, 0.3) is 0 Å². The Labute approximate surface area is 170 Å². The van der Waals surface area contributed by atoms with Gasteiger partial charge in [0, 0.05) is 12.6 Å². The summed E-state index contributed by atoms with van der Waals surface area (Å²) in [6.07, 6.45) is 4.05. The molecule has 1 amide bonds. The summed E-state index contributed by atoms with van der Waals surface area (Å²) in [6, 6.07) is 9.97. The molecule has 1 aliphatic heterocycles. The van der Waals surface area contributed by atoms with Crippen LogP contribution in [0.3, 0.4) is 0 Å². The average molecular weight is 404 g/mol. The Balaban J connectivity index is 1.65. The molecule has 2 heterocycles. The normalized spacial score (nSPS) is 16.8. The van der Waals surface area contributed by atoms with E-state index < -0.39 is 5.97 Å². The van der Waals surface area contributed by atoms with E-state index in [9.17, 15) is 9.59 Å². The van der Waals surface area contributed by atoms with Gasteiger partial charge in [-0.05, 0) is 38.2 Å². The predicted octanol–water partition coefficient (Wildman–Crippen LogP) is 3.84. The number of rotatable bonds is 6. The van der Waals surface area contributed by atoms with Crippen LogP contribution in [0, 0.1) is 6.92 Å². The molecule has 0 aliphatic carbocycles. The minimum Gasteiger partial charge on any atom is -0.452 e. The first-order valence-corrected chi connectivity index (χ1v) is 10.1. The zero-order chi connectivity index (χ0) is 20.1. The van der Waals surface area contributed by atoms with Crippen LogP contribution in [0.15, 0.2) is 30.3 Å². The number of aromatic nitrogens is 2. The molecule has 7 heteroatoms. The van der Waals surface area contributed by atoms with Crippen molar-refractivity contribution in [3.05, 3.63) is 52.3 Å². The molecule has 0 N–H and O–H groups in total. The van der Waals surface area contributed by atoms with Crippen molar-refractivity contribution in [2.75, 3.05) is 13.2 Å². The largest absolute Gasteiger partial charge is 0.452 e. The van der Waals surface area contributed by atoms with Crippen LogP contribution >= 0.6 is 11.6 Å². The van der Waals surface area contributed by atoms with Crippen LogP contribution in [-0.2, 0) is 16.1 Å². The molecule has 28 heavy (non-hydrogen) atoms. The van der Waals surface area contributed by atoms with Gasteiger partial charge in [0.2, 0.25) is 0 Å². The molecule has 0 radical (unpaired) electrons. The summed E-state index contributed by atoms with van der Waals surface area (Å²) in [5, 5.41) is 4.58. The molecular weight excluding hydrogens is 378 g/mol. The minimum atomic E-state index is -0.611. The number of ether oxygens (including phenoxy) is 1. The van der Waals surface area contributed by atoms with E-state index in [0.717, 1.165) is 37.8 Å². The quantitative estimate of drug-likeness (QED) is 0.687. The number of carbonyl (C=O) groups excluding carboxylic acids is 2. The Hall–Kier alpha value is -2.34. The monoisotopic (exact) mass is 403 g/mol. The Morgan fingerprint density at radius 1 is 1.25 bits per heavy atom. The third-order valence-electron chi connectivity index (χ3n) is 5.19. The number of likely N-dealkylation sites (tertiary alicyclic amines) is 1. The molecule has 1 aromatic heterocycles. The highest BCUT2D eigenvalue weighted by Crippen LogP contribution is 2.23. The summed E-state index contributed by atoms with van der Waals surface area (Å²) in [5.74, 6) is -0.759. The number of benzene rings is 1. The van der Waals surface area contributed by atoms with Gasteiger partial charge in [-0.3, -0.25) is 4.79 Å². The Bertz CT molecular complexity index is 835. The van der Waals surface area contributed by atoms with E-state index >= 15 is 0 Å². The number of amides is 1. The van der Waals surface area contributed by atoms with E-state index in [1.807, 2.05) is 35.2 Å². The van der Waals surface area contributed by atoms with Gasteiger partial charge in [0.15, 0.2) is 6.61 Å². The first-order valence-electron chi connectivity index (χ1n) is 9.74. The predicted molar refractivity (Wildman–Crippen MR) is 107 cm³/mol. The molecule has 150 valence electrons. The molecule has 1 saturated heterocycles. The summed E-state index contributed by atoms with van der Waals surface area (Å²) in [7, 11) is 0. The van der Waals surface area contributed by atoms with Crippen LogP contribution < -0.4 is 0 Å². The Kier molecular flexibility index (Phi) is 6.73. The van der Waals surface area contributed by atoms with Gasteiger partial charge in [-0.15, -0.1) is 0 Å². The van der Waals surface area contributed by atoms with Gasteiger partial charge in [-0.2, -0.15) is 5.10 Å². The lowest BCUT2D eigenvalue weighted by atomic mass is 10.00. The fourth-order valence-corrected chi connectivity index (χ4v) is 3.99. The van der Waals surface area contributed by atoms with Crippen molar-refractivity contribution in [2.45, 2.75) is 52.1 Å². The van der Waals surface area contributed by atoms with E-state index in [1.165, 1.54) is 0 Å². The van der Waals surface area contributed by atoms with Crippen molar-refractivity contribution in [3.8, 4) is 0 Å². The number of halogens is 1. The first-order chi connectivity index (χ1) is 13.5. The molecule has 3 rings (SSSR count). The number of carbonyl (C=O) groups is 2. The zero-order valence-electron chi connectivity index (χ0n) is 16.4. The Morgan fingerprint density at radius 3 is 2.71 bits per heavy atom. The molecule has 1 aliphatic rings.